The van der Waals surface area contributed by atoms with E-state index in [4.69, 9.17) is 15.6 Å². The van der Waals surface area contributed by atoms with Crippen molar-refractivity contribution in [1.29, 1.82) is 0 Å². The SMILES string of the molecule is CC(c1ncccn1)N(Cc1cc2n(n1)CCOC2)C(=O)c1ccc2nc(N)c3c(c2c1)CCC3. The van der Waals surface area contributed by atoms with E-state index in [0.29, 0.717) is 43.5 Å². The van der Waals surface area contributed by atoms with E-state index < -0.39 is 0 Å². The number of carbonyl (C=O) groups excluding carboxylic acids is 1. The summed E-state index contributed by atoms with van der Waals surface area (Å²) in [7, 11) is 0. The largest absolute Gasteiger partial charge is 0.383 e. The second kappa shape index (κ2) is 8.74. The van der Waals surface area contributed by atoms with Crippen LogP contribution in [0.25, 0.3) is 10.9 Å². The van der Waals surface area contributed by atoms with Crippen LogP contribution in [0.4, 0.5) is 5.82 Å². The minimum atomic E-state index is -0.343. The van der Waals surface area contributed by atoms with Crippen LogP contribution in [0.5, 0.6) is 0 Å². The molecule has 0 saturated heterocycles. The van der Waals surface area contributed by atoms with Gasteiger partial charge in [-0.05, 0) is 67.6 Å². The molecule has 1 atom stereocenters. The smallest absolute Gasteiger partial charge is 0.254 e. The highest BCUT2D eigenvalue weighted by Gasteiger charge is 2.27. The van der Waals surface area contributed by atoms with Gasteiger partial charge in [-0.3, -0.25) is 9.48 Å². The average Bonchev–Trinajstić information content (AvgIpc) is 3.55. The predicted octanol–water partition coefficient (Wildman–Crippen LogP) is 3.23. The van der Waals surface area contributed by atoms with E-state index in [2.05, 4.69) is 15.0 Å². The maximum absolute atomic E-state index is 14.0. The van der Waals surface area contributed by atoms with Crippen molar-refractivity contribution in [2.24, 2.45) is 0 Å². The minimum absolute atomic E-state index is 0.0994. The van der Waals surface area contributed by atoms with Gasteiger partial charge >= 0.3 is 0 Å². The lowest BCUT2D eigenvalue weighted by Crippen LogP contribution is -2.34. The molecule has 35 heavy (non-hydrogen) atoms. The molecule has 9 nitrogen and oxygen atoms in total. The molecule has 0 fully saturated rings. The van der Waals surface area contributed by atoms with E-state index in [0.717, 1.165) is 47.1 Å². The fourth-order valence-electron chi connectivity index (χ4n) is 5.15. The Morgan fingerprint density at radius 3 is 2.86 bits per heavy atom. The number of ether oxygens (including phenoxy) is 1. The monoisotopic (exact) mass is 469 g/mol. The standard InChI is InChI=1S/C26H27N7O2/c1-16(25-28-8-3-9-29-25)32(14-18-13-19-15-35-11-10-33(19)31-18)26(34)17-6-7-23-22(12-17)20-4-2-5-21(20)24(27)30-23/h3,6-9,12-13,16H,2,4-5,10-11,14-15H2,1H3,(H2,27,30). The summed E-state index contributed by atoms with van der Waals surface area (Å²) >= 11 is 0. The summed E-state index contributed by atoms with van der Waals surface area (Å²) in [6.45, 7) is 4.18. The fraction of sp³-hybridized carbons (Fsp3) is 0.346. The summed E-state index contributed by atoms with van der Waals surface area (Å²) in [6.07, 6.45) is 6.34. The Morgan fingerprint density at radius 2 is 2.03 bits per heavy atom. The molecule has 0 bridgehead atoms. The Bertz CT molecular complexity index is 1390. The Balaban J connectivity index is 1.39. The van der Waals surface area contributed by atoms with Crippen LogP contribution in [0.3, 0.4) is 0 Å². The van der Waals surface area contributed by atoms with Crippen LogP contribution in [-0.2, 0) is 37.3 Å². The highest BCUT2D eigenvalue weighted by Crippen LogP contribution is 2.33. The summed E-state index contributed by atoms with van der Waals surface area (Å²) in [6, 6.07) is 9.13. The predicted molar refractivity (Wildman–Crippen MR) is 130 cm³/mol. The maximum Gasteiger partial charge on any atom is 0.254 e. The van der Waals surface area contributed by atoms with Gasteiger partial charge < -0.3 is 15.4 Å². The molecule has 9 heteroatoms. The van der Waals surface area contributed by atoms with Crippen LogP contribution in [0.1, 0.15) is 58.1 Å². The molecule has 6 rings (SSSR count). The number of hydrogen-bond donors (Lipinski definition) is 1. The topological polar surface area (TPSA) is 112 Å². The summed E-state index contributed by atoms with van der Waals surface area (Å²) in [5, 5.41) is 5.74. The van der Waals surface area contributed by atoms with E-state index in [1.165, 1.54) is 5.56 Å². The number of hydrogen-bond acceptors (Lipinski definition) is 7. The van der Waals surface area contributed by atoms with Gasteiger partial charge in [-0.2, -0.15) is 5.10 Å². The summed E-state index contributed by atoms with van der Waals surface area (Å²) in [4.78, 5) is 29.2. The van der Waals surface area contributed by atoms with Gasteiger partial charge in [-0.25, -0.2) is 15.0 Å². The molecule has 1 unspecified atom stereocenters. The zero-order valence-corrected chi connectivity index (χ0v) is 19.6. The fourth-order valence-corrected chi connectivity index (χ4v) is 5.15. The highest BCUT2D eigenvalue weighted by atomic mass is 16.5. The van der Waals surface area contributed by atoms with Crippen LogP contribution >= 0.6 is 0 Å². The van der Waals surface area contributed by atoms with Crippen LogP contribution in [0.15, 0.2) is 42.7 Å². The molecule has 1 amide bonds. The second-order valence-corrected chi connectivity index (χ2v) is 9.16. The highest BCUT2D eigenvalue weighted by molar-refractivity contribution is 5.99. The number of fused-ring (bicyclic) bond motifs is 4. The van der Waals surface area contributed by atoms with Gasteiger partial charge in [0, 0.05) is 23.3 Å². The molecule has 1 aliphatic heterocycles. The van der Waals surface area contributed by atoms with Gasteiger partial charge in [0.25, 0.3) is 5.91 Å². The number of carbonyl (C=O) groups is 1. The molecule has 2 aliphatic rings. The number of rotatable bonds is 5. The third-order valence-corrected chi connectivity index (χ3v) is 6.97. The lowest BCUT2D eigenvalue weighted by atomic mass is 10.0. The maximum atomic E-state index is 14.0. The summed E-state index contributed by atoms with van der Waals surface area (Å²) in [5.74, 6) is 1.09. The quantitative estimate of drug-likeness (QED) is 0.478. The third kappa shape index (κ3) is 3.91. The molecule has 2 N–H and O–H groups in total. The third-order valence-electron chi connectivity index (χ3n) is 6.97. The van der Waals surface area contributed by atoms with Crippen molar-refractivity contribution in [1.82, 2.24) is 29.6 Å². The Kier molecular flexibility index (Phi) is 5.41. The molecular weight excluding hydrogens is 442 g/mol. The minimum Gasteiger partial charge on any atom is -0.383 e. The van der Waals surface area contributed by atoms with E-state index in [9.17, 15) is 4.79 Å². The molecule has 3 aromatic heterocycles. The lowest BCUT2D eigenvalue weighted by molar-refractivity contribution is 0.0661. The van der Waals surface area contributed by atoms with Crippen molar-refractivity contribution in [3.63, 3.8) is 0 Å². The number of amides is 1. The molecule has 0 saturated carbocycles. The first-order chi connectivity index (χ1) is 17.1. The van der Waals surface area contributed by atoms with Gasteiger partial charge in [0.15, 0.2) is 0 Å². The number of benzene rings is 1. The van der Waals surface area contributed by atoms with E-state index in [-0.39, 0.29) is 11.9 Å². The number of pyridine rings is 1. The van der Waals surface area contributed by atoms with Gasteiger partial charge in [-0.1, -0.05) is 0 Å². The van der Waals surface area contributed by atoms with E-state index >= 15 is 0 Å². The van der Waals surface area contributed by atoms with Crippen LogP contribution in [-0.4, -0.2) is 42.1 Å². The average molecular weight is 470 g/mol. The van der Waals surface area contributed by atoms with E-state index in [1.54, 1.807) is 23.4 Å². The molecule has 0 spiro atoms. The Labute approximate surface area is 203 Å². The first-order valence-corrected chi connectivity index (χ1v) is 12.0. The Hall–Kier alpha value is -3.85. The van der Waals surface area contributed by atoms with Crippen molar-refractivity contribution >= 4 is 22.6 Å². The molecule has 0 radical (unpaired) electrons. The first kappa shape index (κ1) is 21.7. The number of nitrogen functional groups attached to an aromatic ring is 1. The number of anilines is 1. The van der Waals surface area contributed by atoms with Gasteiger partial charge in [0.2, 0.25) is 0 Å². The van der Waals surface area contributed by atoms with Crippen LogP contribution < -0.4 is 5.73 Å². The zero-order valence-electron chi connectivity index (χ0n) is 19.6. The molecule has 1 aromatic carbocycles. The van der Waals surface area contributed by atoms with Crippen molar-refractivity contribution < 1.29 is 9.53 Å². The van der Waals surface area contributed by atoms with E-state index in [1.807, 2.05) is 35.9 Å². The molecule has 4 heterocycles. The van der Waals surface area contributed by atoms with Gasteiger partial charge in [-0.15, -0.1) is 0 Å². The summed E-state index contributed by atoms with van der Waals surface area (Å²) in [5.41, 5.74) is 11.8. The Morgan fingerprint density at radius 1 is 1.20 bits per heavy atom. The number of aromatic nitrogens is 5. The van der Waals surface area contributed by atoms with Crippen molar-refractivity contribution in [2.45, 2.75) is 51.9 Å². The lowest BCUT2D eigenvalue weighted by Gasteiger charge is -2.28. The zero-order chi connectivity index (χ0) is 23.9. The van der Waals surface area contributed by atoms with Crippen molar-refractivity contribution in [3.05, 3.63) is 76.6 Å². The van der Waals surface area contributed by atoms with Crippen LogP contribution in [0, 0.1) is 0 Å². The molecular formula is C26H27N7O2. The van der Waals surface area contributed by atoms with Gasteiger partial charge in [0.05, 0.1) is 49.2 Å². The molecule has 178 valence electrons. The first-order valence-electron chi connectivity index (χ1n) is 12.0. The van der Waals surface area contributed by atoms with Gasteiger partial charge in [0.1, 0.15) is 11.6 Å². The van der Waals surface area contributed by atoms with Crippen molar-refractivity contribution in [2.75, 3.05) is 12.3 Å². The second-order valence-electron chi connectivity index (χ2n) is 9.16. The van der Waals surface area contributed by atoms with Crippen LogP contribution in [0.2, 0.25) is 0 Å². The molecule has 4 aromatic rings. The van der Waals surface area contributed by atoms with Crippen molar-refractivity contribution in [3.8, 4) is 0 Å². The number of nitrogens with zero attached hydrogens (tertiary/aromatic N) is 6. The number of nitrogens with two attached hydrogens (primary N) is 1. The summed E-state index contributed by atoms with van der Waals surface area (Å²) < 4.78 is 7.52. The normalized spacial score (nSPS) is 15.6. The molecule has 1 aliphatic carbocycles. The number of aryl methyl sites for hydroxylation is 1.